The van der Waals surface area contributed by atoms with Gasteiger partial charge in [-0.25, -0.2) is 0 Å². The number of phenols is 1. The number of Topliss-reactive ketones (excluding diaryl/α,β-unsaturated/α-hetero) is 1. The van der Waals surface area contributed by atoms with Crippen molar-refractivity contribution in [1.29, 1.82) is 0 Å². The van der Waals surface area contributed by atoms with Gasteiger partial charge in [-0.15, -0.1) is 11.8 Å². The number of hydrogen-bond donors (Lipinski definition) is 16. The Bertz CT molecular complexity index is 4890. The molecule has 41 heteroatoms. The van der Waals surface area contributed by atoms with Crippen LogP contribution in [0.25, 0.3) is 21.9 Å². The Morgan fingerprint density at radius 2 is 1.18 bits per heavy atom. The molecule has 0 aliphatic carbocycles. The van der Waals surface area contributed by atoms with Crippen molar-refractivity contribution >= 4 is 134 Å². The zero-order valence-corrected chi connectivity index (χ0v) is 76.2. The van der Waals surface area contributed by atoms with Gasteiger partial charge in [0.05, 0.1) is 35.4 Å². The molecule has 0 radical (unpaired) electrons. The monoisotopic (exact) mass is 1830 g/mol. The number of carboxylic acids is 1. The van der Waals surface area contributed by atoms with Crippen LogP contribution in [-0.4, -0.2) is 298 Å². The summed E-state index contributed by atoms with van der Waals surface area (Å²) in [5, 5.41) is 53.8. The average molecular weight is 1830 g/mol. The summed E-state index contributed by atoms with van der Waals surface area (Å²) >= 11 is 0.826. The number of para-hydroxylation sites is 1. The number of carboxylic acid groups (broad SMARTS) is 1. The van der Waals surface area contributed by atoms with Gasteiger partial charge in [-0.1, -0.05) is 97.6 Å². The molecule has 15 atom stereocenters. The fourth-order valence-electron chi connectivity index (χ4n) is 16.7. The molecule has 40 nitrogen and oxygen atoms in total. The summed E-state index contributed by atoms with van der Waals surface area (Å²) in [5.74, 6) is -18.4. The van der Waals surface area contributed by atoms with Crippen molar-refractivity contribution in [2.75, 3.05) is 58.8 Å². The number of pyridine rings is 1. The quantitative estimate of drug-likeness (QED) is 0.0357. The summed E-state index contributed by atoms with van der Waals surface area (Å²) in [6.07, 6.45) is 2.29. The second-order valence-electron chi connectivity index (χ2n) is 34.7. The van der Waals surface area contributed by atoms with Crippen LogP contribution < -0.4 is 65.5 Å². The Hall–Kier alpha value is -12.1. The van der Waals surface area contributed by atoms with Crippen LogP contribution in [0.3, 0.4) is 0 Å². The third-order valence-electron chi connectivity index (χ3n) is 23.8. The van der Waals surface area contributed by atoms with Gasteiger partial charge in [-0.2, -0.15) is 0 Å². The van der Waals surface area contributed by atoms with E-state index < -0.39 is 236 Å². The fraction of sp³-hybridized carbons (Fsp3) is 0.573. The molecule has 5 aromatic rings. The SMILES string of the molecule is CCCC[C@H]1C(=O)N(C)[C@@H](CCCC)C(=O)N[C@@H](CC(C)C)C(=O)N[C@H](C(N)=O)CSCC(=O)N[C@@H](Cc2ccc(O)cc2)C(=O)N(C)[C@@H](C)C(=O)N[C@@H](CC(N)=O)C(=O)N2CCC[C@H]2C(=O)N[C@@H](CN)C(=O)N[C@@H](CC(C)C)C(=O)N2C[C@H](O)C[C@H]2C(=O)C[C@@H](Cc2c[nH]c3ccccc23)C(=O)N[C@@H](CCN)C(=O)N[C@@H](Cc2cn(CC(=O)O)c3cccnc23)C(=O)N1C. The largest absolute Gasteiger partial charge is 0.508 e. The predicted molar refractivity (Wildman–Crippen MR) is 481 cm³/mol. The molecule has 0 bridgehead atoms. The highest BCUT2D eigenvalue weighted by atomic mass is 32.2. The van der Waals surface area contributed by atoms with E-state index in [1.807, 2.05) is 13.8 Å². The van der Waals surface area contributed by atoms with Gasteiger partial charge in [-0.3, -0.25) is 86.5 Å². The topological polar surface area (TPSA) is 601 Å². The van der Waals surface area contributed by atoms with E-state index in [-0.39, 0.29) is 112 Å². The molecule has 3 aliphatic rings. The van der Waals surface area contributed by atoms with E-state index in [1.165, 1.54) is 74.2 Å². The van der Waals surface area contributed by atoms with Gasteiger partial charge in [0.2, 0.25) is 88.6 Å². The summed E-state index contributed by atoms with van der Waals surface area (Å²) < 4.78 is 1.39. The number of ketones is 1. The number of nitrogens with two attached hydrogens (primary N) is 4. The molecule has 130 heavy (non-hydrogen) atoms. The third kappa shape index (κ3) is 28.0. The smallest absolute Gasteiger partial charge is 0.323 e. The van der Waals surface area contributed by atoms with Crippen LogP contribution in [0, 0.1) is 17.8 Å². The summed E-state index contributed by atoms with van der Waals surface area (Å²) in [5.41, 5.74) is 26.6. The lowest BCUT2D eigenvalue weighted by Crippen LogP contribution is -2.61. The first kappa shape index (κ1) is 103. The summed E-state index contributed by atoms with van der Waals surface area (Å²) in [6, 6.07) is -3.34. The number of aliphatic carboxylic acids is 1. The Labute approximate surface area is 758 Å². The standard InChI is InChI=1S/C89H128N20O20S/c1-11-13-21-68-83(123)98-60(33-48(3)4)81(121)103-66(77(93)117)46-130-47-74(114)96-62(35-51-25-27-55(110)28-26-51)85(125)104(8)50(7)78(118)99-64(40-73(92)113)87(127)108-32-18-24-69(108)84(124)102-65(41-91)82(122)100-61(34-49(5)6)88(128)109-44-56(111)39-71(109)72(112)38-52(36-53-42-95-58-20-16-15-19-57(53)58)79(119)97-59(29-30-90)80(120)101-63(86(126)106(10)70(22-14-12-2)89(129)105(68)9)37-54-43-107(45-75(115)116)67-23-17-31-94-76(54)67/h15-17,19-20,23,25-28,31,42-43,48-50,52,56,59-66,68-71,95,110-111H,11-14,18,21-22,24,29-30,32-41,44-47,90-91H2,1-10H3,(H2,92,113)(H2,93,117)(H,96,114)(H,97,119)(H,98,123)(H,99,118)(H,100,122)(H,101,120)(H,102,124)(H,103,121)(H,115,116)/t50-,52+,56+,59-,60-,61-,62-,63-,64-,65-,66-,68-,69-,70-,71-/m0/s1. The van der Waals surface area contributed by atoms with Gasteiger partial charge >= 0.3 is 5.97 Å². The molecule has 3 aromatic heterocycles. The van der Waals surface area contributed by atoms with Gasteiger partial charge in [0, 0.05) is 108 Å². The number of hydrogen-bond acceptors (Lipinski definition) is 23. The van der Waals surface area contributed by atoms with Gasteiger partial charge in [0.25, 0.3) is 0 Å². The number of carbonyl (C=O) groups is 17. The molecular formula is C89H128N20O20S. The van der Waals surface area contributed by atoms with E-state index in [0.29, 0.717) is 53.2 Å². The number of nitrogens with one attached hydrogen (secondary N) is 9. The summed E-state index contributed by atoms with van der Waals surface area (Å²) in [6.45, 7) is 10.2. The van der Waals surface area contributed by atoms with Crippen molar-refractivity contribution in [3.63, 3.8) is 0 Å². The van der Waals surface area contributed by atoms with E-state index in [1.54, 1.807) is 70.3 Å². The molecule has 0 unspecified atom stereocenters. The maximum Gasteiger partial charge on any atom is 0.323 e. The Morgan fingerprint density at radius 1 is 0.592 bits per heavy atom. The molecule has 8 rings (SSSR count). The van der Waals surface area contributed by atoms with Gasteiger partial charge in [0.1, 0.15) is 84.8 Å². The maximum atomic E-state index is 15.9. The van der Waals surface area contributed by atoms with Crippen molar-refractivity contribution < 1.29 is 96.8 Å². The number of carbonyl (C=O) groups excluding carboxylic acids is 16. The van der Waals surface area contributed by atoms with Gasteiger partial charge in [0.15, 0.2) is 5.78 Å². The molecule has 3 saturated heterocycles. The second-order valence-corrected chi connectivity index (χ2v) is 35.7. The number of nitrogens with zero attached hydrogens (tertiary/aromatic N) is 7. The number of benzene rings is 2. The predicted octanol–water partition coefficient (Wildman–Crippen LogP) is -0.869. The molecule has 3 fully saturated rings. The number of aromatic nitrogens is 3. The van der Waals surface area contributed by atoms with E-state index in [0.717, 1.165) is 31.4 Å². The lowest BCUT2D eigenvalue weighted by atomic mass is 9.90. The minimum atomic E-state index is -1.75. The molecule has 710 valence electrons. The number of H-pyrrole nitrogens is 1. The number of phenolic OH excluding ortho intramolecular Hbond substituents is 1. The van der Waals surface area contributed by atoms with E-state index in [4.69, 9.17) is 22.9 Å². The normalized spacial score (nSPS) is 25.5. The highest BCUT2D eigenvalue weighted by Gasteiger charge is 2.47. The third-order valence-corrected chi connectivity index (χ3v) is 24.8. The lowest BCUT2D eigenvalue weighted by Gasteiger charge is -2.36. The van der Waals surface area contributed by atoms with Crippen LogP contribution in [0.4, 0.5) is 0 Å². The zero-order chi connectivity index (χ0) is 95.7. The summed E-state index contributed by atoms with van der Waals surface area (Å²) in [4.78, 5) is 261. The number of amides is 15. The Kier molecular flexibility index (Phi) is 38.5. The molecule has 2 aromatic carbocycles. The van der Waals surface area contributed by atoms with Crippen molar-refractivity contribution in [2.45, 2.75) is 249 Å². The minimum absolute atomic E-state index is 0.000277. The molecular weight excluding hydrogens is 1700 g/mol. The van der Waals surface area contributed by atoms with Crippen molar-refractivity contribution in [2.24, 2.45) is 40.7 Å². The van der Waals surface area contributed by atoms with Gasteiger partial charge in [-0.05, 0) is 124 Å². The first-order valence-corrected chi connectivity index (χ1v) is 45.4. The number of fused-ring (bicyclic) bond motifs is 4. The fourth-order valence-corrected chi connectivity index (χ4v) is 17.5. The number of aliphatic hydroxyl groups is 1. The van der Waals surface area contributed by atoms with Crippen LogP contribution in [0.5, 0.6) is 5.75 Å². The number of primary amides is 2. The van der Waals surface area contributed by atoms with Gasteiger partial charge < -0.3 is 115 Å². The van der Waals surface area contributed by atoms with Crippen LogP contribution in [-0.2, 0) is 107 Å². The lowest BCUT2D eigenvalue weighted by molar-refractivity contribution is -0.149. The minimum Gasteiger partial charge on any atom is -0.508 e. The summed E-state index contributed by atoms with van der Waals surface area (Å²) in [7, 11) is 3.95. The van der Waals surface area contributed by atoms with E-state index >= 15 is 33.6 Å². The number of aliphatic hydroxyl groups excluding tert-OH is 1. The molecule has 20 N–H and O–H groups in total. The highest BCUT2D eigenvalue weighted by molar-refractivity contribution is 8.00. The molecule has 3 aliphatic heterocycles. The molecule has 6 heterocycles. The van der Waals surface area contributed by atoms with Crippen molar-refractivity contribution in [1.82, 2.24) is 81.6 Å². The van der Waals surface area contributed by atoms with Crippen molar-refractivity contribution in [3.05, 3.63) is 95.9 Å². The van der Waals surface area contributed by atoms with Crippen LogP contribution in [0.15, 0.2) is 79.3 Å². The Morgan fingerprint density at radius 3 is 1.83 bits per heavy atom. The average Bonchev–Trinajstić information content (AvgIpc) is 1.40. The second kappa shape index (κ2) is 48.5. The zero-order valence-electron chi connectivity index (χ0n) is 75.4. The van der Waals surface area contributed by atoms with E-state index in [2.05, 4.69) is 52.5 Å². The number of aromatic hydroxyl groups is 1. The van der Waals surface area contributed by atoms with Crippen LogP contribution >= 0.6 is 11.8 Å². The number of aromatic amines is 1. The Balaban J connectivity index is 1.19. The molecule has 0 spiro atoms. The number of thioether (sulfide) groups is 1. The molecule has 15 amide bonds. The number of rotatable bonds is 24. The number of likely N-dealkylation sites (N-methyl/N-ethyl adjacent to an activating group) is 3. The molecule has 0 saturated carbocycles. The number of unbranched alkanes of at least 4 members (excludes halogenated alkanes) is 2. The van der Waals surface area contributed by atoms with Crippen LogP contribution in [0.2, 0.25) is 0 Å². The van der Waals surface area contributed by atoms with E-state index in [9.17, 15) is 63.3 Å². The first-order valence-electron chi connectivity index (χ1n) is 44.3. The first-order chi connectivity index (χ1) is 61.7. The van der Waals surface area contributed by atoms with Crippen LogP contribution in [0.1, 0.15) is 155 Å². The van der Waals surface area contributed by atoms with Crippen molar-refractivity contribution in [3.8, 4) is 5.75 Å². The maximum absolute atomic E-state index is 15.9. The highest BCUT2D eigenvalue weighted by Crippen LogP contribution is 2.30.